The van der Waals surface area contributed by atoms with Crippen LogP contribution in [0.4, 0.5) is 0 Å². The number of likely N-dealkylation sites (tertiary alicyclic amines) is 1. The minimum atomic E-state index is -1.16. The monoisotopic (exact) mass is 535 g/mol. The Balaban J connectivity index is 1.47. The highest BCUT2D eigenvalue weighted by molar-refractivity contribution is 5.99. The number of rotatable bonds is 11. The lowest BCUT2D eigenvalue weighted by atomic mass is 9.77. The van der Waals surface area contributed by atoms with Crippen molar-refractivity contribution in [3.63, 3.8) is 0 Å². The summed E-state index contributed by atoms with van der Waals surface area (Å²) in [5, 5.41) is 9.14. The quantitative estimate of drug-likeness (QED) is 0.348. The second kappa shape index (κ2) is 12.0. The van der Waals surface area contributed by atoms with Crippen molar-refractivity contribution >= 4 is 17.7 Å². The summed E-state index contributed by atoms with van der Waals surface area (Å²) in [5.41, 5.74) is -0.131. The molecule has 0 radical (unpaired) electrons. The molecule has 1 unspecified atom stereocenters. The molecule has 2 fully saturated rings. The standard InChI is InChI=1S/C31H41N3O5/c1-2-3-17-32-19-12-16-31-26(29(37)34(27(31)30(32)38)20-9-4-5-10-21-35)25-24(39-31)15-11-18-33(28(25)36)22-23-13-7-6-8-14-23/h6-8,11-16,24-27,35H,2-5,9-10,17-22H2,1H3/t24-,25+,26+,27?,31+/m1/s1. The number of benzene rings is 1. The zero-order valence-corrected chi connectivity index (χ0v) is 22.9. The van der Waals surface area contributed by atoms with Crippen LogP contribution in [0.2, 0.25) is 0 Å². The highest BCUT2D eigenvalue weighted by Gasteiger charge is 2.71. The van der Waals surface area contributed by atoms with E-state index in [2.05, 4.69) is 6.92 Å². The van der Waals surface area contributed by atoms with Gasteiger partial charge in [0.1, 0.15) is 11.6 Å². The predicted octanol–water partition coefficient (Wildman–Crippen LogP) is 2.92. The van der Waals surface area contributed by atoms with Gasteiger partial charge in [0.25, 0.3) is 0 Å². The van der Waals surface area contributed by atoms with Crippen molar-refractivity contribution in [3.8, 4) is 0 Å². The first kappa shape index (κ1) is 27.6. The minimum absolute atomic E-state index is 0.0892. The van der Waals surface area contributed by atoms with E-state index in [-0.39, 0.29) is 24.3 Å². The summed E-state index contributed by atoms with van der Waals surface area (Å²) >= 11 is 0. The molecule has 5 atom stereocenters. The molecule has 0 aromatic heterocycles. The van der Waals surface area contributed by atoms with Gasteiger partial charge < -0.3 is 24.5 Å². The van der Waals surface area contributed by atoms with Crippen LogP contribution in [-0.4, -0.2) is 88.1 Å². The van der Waals surface area contributed by atoms with Crippen LogP contribution in [-0.2, 0) is 25.7 Å². The summed E-state index contributed by atoms with van der Waals surface area (Å²) < 4.78 is 6.71. The van der Waals surface area contributed by atoms with Crippen LogP contribution in [0.1, 0.15) is 51.0 Å². The van der Waals surface area contributed by atoms with Gasteiger partial charge in [0.15, 0.2) is 0 Å². The van der Waals surface area contributed by atoms with E-state index in [0.717, 1.165) is 44.1 Å². The Morgan fingerprint density at radius 3 is 2.44 bits per heavy atom. The topological polar surface area (TPSA) is 90.4 Å². The summed E-state index contributed by atoms with van der Waals surface area (Å²) in [6.45, 7) is 4.70. The molecular weight excluding hydrogens is 494 g/mol. The average Bonchev–Trinajstić information content (AvgIpc) is 3.26. The number of amides is 3. The van der Waals surface area contributed by atoms with Crippen LogP contribution in [0.3, 0.4) is 0 Å². The molecule has 39 heavy (non-hydrogen) atoms. The van der Waals surface area contributed by atoms with Gasteiger partial charge in [0, 0.05) is 39.3 Å². The maximum atomic E-state index is 14.2. The number of fused-ring (bicyclic) bond motifs is 2. The molecule has 8 nitrogen and oxygen atoms in total. The summed E-state index contributed by atoms with van der Waals surface area (Å²) in [7, 11) is 0. The van der Waals surface area contributed by atoms with Crippen molar-refractivity contribution in [2.75, 3.05) is 32.8 Å². The molecule has 8 heteroatoms. The minimum Gasteiger partial charge on any atom is -0.396 e. The smallest absolute Gasteiger partial charge is 0.249 e. The van der Waals surface area contributed by atoms with Gasteiger partial charge in [0.2, 0.25) is 17.7 Å². The normalized spacial score (nSPS) is 29.9. The Labute approximate surface area is 231 Å². The predicted molar refractivity (Wildman–Crippen MR) is 147 cm³/mol. The van der Waals surface area contributed by atoms with Crippen LogP contribution in [0.25, 0.3) is 0 Å². The van der Waals surface area contributed by atoms with E-state index in [9.17, 15) is 14.4 Å². The molecule has 210 valence electrons. The molecule has 5 rings (SSSR count). The summed E-state index contributed by atoms with van der Waals surface area (Å²) in [6, 6.07) is 9.09. The molecule has 0 aliphatic carbocycles. The number of nitrogens with zero attached hydrogens (tertiary/aromatic N) is 3. The first-order chi connectivity index (χ1) is 19.0. The number of carbonyl (C=O) groups is 3. The Hall–Kier alpha value is -2.97. The fraction of sp³-hybridized carbons (Fsp3) is 0.581. The molecular formula is C31H41N3O5. The van der Waals surface area contributed by atoms with Crippen LogP contribution in [0.15, 0.2) is 54.6 Å². The number of hydrogen-bond acceptors (Lipinski definition) is 5. The third kappa shape index (κ3) is 5.16. The number of hydrogen-bond donors (Lipinski definition) is 1. The summed E-state index contributed by atoms with van der Waals surface area (Å²) in [5.74, 6) is -1.77. The van der Waals surface area contributed by atoms with Gasteiger partial charge in [-0.25, -0.2) is 0 Å². The fourth-order valence-corrected chi connectivity index (χ4v) is 6.72. The van der Waals surface area contributed by atoms with Gasteiger partial charge >= 0.3 is 0 Å². The van der Waals surface area contributed by atoms with Crippen molar-refractivity contribution in [3.05, 3.63) is 60.2 Å². The van der Waals surface area contributed by atoms with E-state index in [1.54, 1.807) is 9.80 Å². The van der Waals surface area contributed by atoms with Crippen molar-refractivity contribution in [1.82, 2.24) is 14.7 Å². The zero-order valence-electron chi connectivity index (χ0n) is 22.9. The van der Waals surface area contributed by atoms with Crippen LogP contribution >= 0.6 is 0 Å². The SMILES string of the molecule is CCCCN1CC=C[C@]23O[C@@H]4C=CCN(Cc5ccccc5)C(=O)[C@@H]4[C@H]2C(=O)N(CCCCCCO)C3C1=O. The molecule has 0 saturated carbocycles. The molecule has 4 aliphatic rings. The summed E-state index contributed by atoms with van der Waals surface area (Å²) in [6.07, 6.45) is 12.2. The van der Waals surface area contributed by atoms with Crippen molar-refractivity contribution in [2.45, 2.75) is 69.7 Å². The second-order valence-electron chi connectivity index (χ2n) is 11.2. The van der Waals surface area contributed by atoms with Crippen molar-refractivity contribution in [2.24, 2.45) is 11.8 Å². The highest BCUT2D eigenvalue weighted by Crippen LogP contribution is 2.53. The Morgan fingerprint density at radius 2 is 1.67 bits per heavy atom. The fourth-order valence-electron chi connectivity index (χ4n) is 6.72. The first-order valence-electron chi connectivity index (χ1n) is 14.6. The lowest BCUT2D eigenvalue weighted by Crippen LogP contribution is -2.55. The highest BCUT2D eigenvalue weighted by atomic mass is 16.5. The molecule has 2 saturated heterocycles. The largest absolute Gasteiger partial charge is 0.396 e. The molecule has 1 aromatic rings. The van der Waals surface area contributed by atoms with Crippen LogP contribution in [0, 0.1) is 11.8 Å². The van der Waals surface area contributed by atoms with Gasteiger partial charge in [-0.3, -0.25) is 14.4 Å². The van der Waals surface area contributed by atoms with Crippen LogP contribution in [0.5, 0.6) is 0 Å². The maximum absolute atomic E-state index is 14.2. The van der Waals surface area contributed by atoms with Gasteiger partial charge in [-0.1, -0.05) is 80.8 Å². The zero-order chi connectivity index (χ0) is 27.4. The van der Waals surface area contributed by atoms with Gasteiger partial charge in [0.05, 0.1) is 17.9 Å². The number of unbranched alkanes of at least 4 members (excludes halogenated alkanes) is 4. The molecule has 4 heterocycles. The first-order valence-corrected chi connectivity index (χ1v) is 14.6. The average molecular weight is 536 g/mol. The van der Waals surface area contributed by atoms with E-state index in [4.69, 9.17) is 9.84 Å². The molecule has 4 aliphatic heterocycles. The van der Waals surface area contributed by atoms with Gasteiger partial charge in [-0.05, 0) is 24.8 Å². The van der Waals surface area contributed by atoms with Crippen molar-refractivity contribution in [1.29, 1.82) is 0 Å². The molecule has 1 N–H and O–H groups in total. The number of aliphatic hydroxyl groups is 1. The van der Waals surface area contributed by atoms with Crippen molar-refractivity contribution < 1.29 is 24.2 Å². The summed E-state index contributed by atoms with van der Waals surface area (Å²) in [4.78, 5) is 47.8. The van der Waals surface area contributed by atoms with E-state index < -0.39 is 29.6 Å². The number of carbonyl (C=O) groups excluding carboxylic acids is 3. The molecule has 3 amide bonds. The molecule has 1 aromatic carbocycles. The number of ether oxygens (including phenoxy) is 1. The molecule has 1 spiro atoms. The number of aliphatic hydroxyl groups excluding tert-OH is 1. The Kier molecular flexibility index (Phi) is 8.52. The molecule has 0 bridgehead atoms. The van der Waals surface area contributed by atoms with E-state index in [0.29, 0.717) is 32.7 Å². The third-order valence-corrected chi connectivity index (χ3v) is 8.63. The lowest BCUT2D eigenvalue weighted by Gasteiger charge is -2.35. The third-order valence-electron chi connectivity index (χ3n) is 8.63. The lowest BCUT2D eigenvalue weighted by molar-refractivity contribution is -0.148. The van der Waals surface area contributed by atoms with Gasteiger partial charge in [-0.15, -0.1) is 0 Å². The van der Waals surface area contributed by atoms with E-state index >= 15 is 0 Å². The second-order valence-corrected chi connectivity index (χ2v) is 11.2. The van der Waals surface area contributed by atoms with Crippen LogP contribution < -0.4 is 0 Å². The van der Waals surface area contributed by atoms with Gasteiger partial charge in [-0.2, -0.15) is 0 Å². The Bertz CT molecular complexity index is 1100. The van der Waals surface area contributed by atoms with E-state index in [1.165, 1.54) is 0 Å². The Morgan fingerprint density at radius 1 is 0.897 bits per heavy atom. The maximum Gasteiger partial charge on any atom is 0.249 e. The van der Waals surface area contributed by atoms with E-state index in [1.807, 2.05) is 59.5 Å².